The second kappa shape index (κ2) is 8.14. The van der Waals surface area contributed by atoms with Gasteiger partial charge in [-0.2, -0.15) is 0 Å². The maximum absolute atomic E-state index is 10.8. The van der Waals surface area contributed by atoms with E-state index in [0.29, 0.717) is 0 Å². The molecule has 0 saturated carbocycles. The lowest BCUT2D eigenvalue weighted by Gasteiger charge is -2.37. The van der Waals surface area contributed by atoms with Gasteiger partial charge in [-0.25, -0.2) is 0 Å². The minimum atomic E-state index is -0.376. The Morgan fingerprint density at radius 3 is 2.46 bits per heavy atom. The molecule has 1 aliphatic heterocycles. The quantitative estimate of drug-likeness (QED) is 0.503. The fraction of sp³-hybridized carbons (Fsp3) is 0.316. The van der Waals surface area contributed by atoms with E-state index in [2.05, 4.69) is 34.2 Å². The predicted molar refractivity (Wildman–Crippen MR) is 109 cm³/mol. The number of nitro benzene ring substituents is 1. The molecule has 7 heteroatoms. The smallest absolute Gasteiger partial charge is 0.269 e. The van der Waals surface area contributed by atoms with Crippen LogP contribution in [0.2, 0.25) is 0 Å². The van der Waals surface area contributed by atoms with E-state index in [4.69, 9.17) is 12.2 Å². The van der Waals surface area contributed by atoms with Crippen LogP contribution in [0.4, 0.5) is 17.1 Å². The molecule has 0 spiro atoms. The summed E-state index contributed by atoms with van der Waals surface area (Å²) in [6.07, 6.45) is 0.996. The molecule has 1 N–H and O–H groups in total. The summed E-state index contributed by atoms with van der Waals surface area (Å²) in [7, 11) is 0. The van der Waals surface area contributed by atoms with E-state index in [1.54, 1.807) is 24.3 Å². The summed E-state index contributed by atoms with van der Waals surface area (Å²) >= 11 is 5.56. The van der Waals surface area contributed by atoms with Crippen LogP contribution in [0, 0.1) is 10.1 Å². The van der Waals surface area contributed by atoms with Crippen molar-refractivity contribution >= 4 is 34.4 Å². The van der Waals surface area contributed by atoms with Crippen molar-refractivity contribution in [3.8, 4) is 0 Å². The van der Waals surface area contributed by atoms with Gasteiger partial charge in [-0.1, -0.05) is 19.1 Å². The third-order valence-electron chi connectivity index (χ3n) is 4.58. The van der Waals surface area contributed by atoms with Crippen LogP contribution in [-0.4, -0.2) is 41.1 Å². The standard InChI is InChI=1S/C19H22N4O2S/c1-2-15-4-3-5-16(14-15)20-19(26)22-12-10-21(11-13-22)17-6-8-18(9-7-17)23(24)25/h3-9,14H,2,10-13H2,1H3,(H,20,26). The highest BCUT2D eigenvalue weighted by Gasteiger charge is 2.19. The number of hydrogen-bond acceptors (Lipinski definition) is 4. The van der Waals surface area contributed by atoms with Crippen molar-refractivity contribution in [1.29, 1.82) is 0 Å². The first-order chi connectivity index (χ1) is 12.6. The Morgan fingerprint density at radius 1 is 1.15 bits per heavy atom. The zero-order valence-electron chi connectivity index (χ0n) is 14.7. The van der Waals surface area contributed by atoms with Crippen molar-refractivity contribution in [2.45, 2.75) is 13.3 Å². The summed E-state index contributed by atoms with van der Waals surface area (Å²) < 4.78 is 0. The number of aryl methyl sites for hydroxylation is 1. The van der Waals surface area contributed by atoms with Crippen LogP contribution in [0.5, 0.6) is 0 Å². The number of nitro groups is 1. The maximum Gasteiger partial charge on any atom is 0.269 e. The summed E-state index contributed by atoms with van der Waals surface area (Å²) in [4.78, 5) is 14.8. The number of benzene rings is 2. The van der Waals surface area contributed by atoms with Crippen LogP contribution >= 0.6 is 12.2 Å². The van der Waals surface area contributed by atoms with Gasteiger partial charge in [0.2, 0.25) is 0 Å². The highest BCUT2D eigenvalue weighted by Crippen LogP contribution is 2.21. The van der Waals surface area contributed by atoms with Crippen LogP contribution in [-0.2, 0) is 6.42 Å². The van der Waals surface area contributed by atoms with Gasteiger partial charge in [0.1, 0.15) is 0 Å². The number of nitrogens with zero attached hydrogens (tertiary/aromatic N) is 3. The summed E-state index contributed by atoms with van der Waals surface area (Å²) in [5, 5.41) is 14.8. The number of hydrogen-bond donors (Lipinski definition) is 1. The molecule has 1 fully saturated rings. The average Bonchev–Trinajstić information content (AvgIpc) is 2.68. The molecule has 1 saturated heterocycles. The van der Waals surface area contributed by atoms with Gasteiger partial charge in [-0.15, -0.1) is 0 Å². The molecule has 0 radical (unpaired) electrons. The Balaban J connectivity index is 1.55. The number of thiocarbonyl (C=S) groups is 1. The normalized spacial score (nSPS) is 14.2. The lowest BCUT2D eigenvalue weighted by atomic mass is 10.1. The molecule has 1 aliphatic rings. The minimum absolute atomic E-state index is 0.118. The minimum Gasteiger partial charge on any atom is -0.368 e. The largest absolute Gasteiger partial charge is 0.368 e. The molecule has 0 amide bonds. The van der Waals surface area contributed by atoms with Gasteiger partial charge < -0.3 is 15.1 Å². The van der Waals surface area contributed by atoms with Crippen LogP contribution in [0.15, 0.2) is 48.5 Å². The fourth-order valence-corrected chi connectivity index (χ4v) is 3.32. The van der Waals surface area contributed by atoms with E-state index in [1.807, 2.05) is 12.1 Å². The highest BCUT2D eigenvalue weighted by atomic mass is 32.1. The van der Waals surface area contributed by atoms with Gasteiger partial charge in [0.25, 0.3) is 5.69 Å². The molecular weight excluding hydrogens is 348 g/mol. The zero-order valence-corrected chi connectivity index (χ0v) is 15.5. The number of anilines is 2. The average molecular weight is 370 g/mol. The first-order valence-corrected chi connectivity index (χ1v) is 9.12. The van der Waals surface area contributed by atoms with Gasteiger partial charge in [0, 0.05) is 49.7 Å². The number of rotatable bonds is 4. The van der Waals surface area contributed by atoms with Crippen molar-refractivity contribution in [2.75, 3.05) is 36.4 Å². The Labute approximate surface area is 158 Å². The molecule has 0 aromatic heterocycles. The molecule has 1 heterocycles. The summed E-state index contributed by atoms with van der Waals surface area (Å²) in [6, 6.07) is 15.0. The second-order valence-corrected chi connectivity index (χ2v) is 6.62. The molecule has 6 nitrogen and oxygen atoms in total. The van der Waals surface area contributed by atoms with Crippen LogP contribution in [0.3, 0.4) is 0 Å². The first-order valence-electron chi connectivity index (χ1n) is 8.71. The summed E-state index contributed by atoms with van der Waals surface area (Å²) in [6.45, 7) is 5.42. The van der Waals surface area contributed by atoms with Crippen LogP contribution in [0.25, 0.3) is 0 Å². The Bertz CT molecular complexity index is 786. The molecular formula is C19H22N4O2S. The molecule has 2 aromatic rings. The SMILES string of the molecule is CCc1cccc(NC(=S)N2CCN(c3ccc([N+](=O)[O-])cc3)CC2)c1. The van der Waals surface area contributed by atoms with E-state index in [-0.39, 0.29) is 10.6 Å². The number of non-ortho nitro benzene ring substituents is 1. The van der Waals surface area contributed by atoms with Gasteiger partial charge in [0.05, 0.1) is 4.92 Å². The number of piperazine rings is 1. The van der Waals surface area contributed by atoms with Gasteiger partial charge in [0.15, 0.2) is 5.11 Å². The highest BCUT2D eigenvalue weighted by molar-refractivity contribution is 7.80. The van der Waals surface area contributed by atoms with Gasteiger partial charge in [-0.3, -0.25) is 10.1 Å². The van der Waals surface area contributed by atoms with Crippen LogP contribution < -0.4 is 10.2 Å². The summed E-state index contributed by atoms with van der Waals surface area (Å²) in [5.41, 5.74) is 3.42. The molecule has 0 atom stereocenters. The van der Waals surface area contributed by atoms with Crippen molar-refractivity contribution in [3.63, 3.8) is 0 Å². The van der Waals surface area contributed by atoms with Crippen molar-refractivity contribution in [2.24, 2.45) is 0 Å². The molecule has 0 bridgehead atoms. The third kappa shape index (κ3) is 4.29. The predicted octanol–water partition coefficient (Wildman–Crippen LogP) is 3.68. The molecule has 26 heavy (non-hydrogen) atoms. The lowest BCUT2D eigenvalue weighted by Crippen LogP contribution is -2.50. The molecule has 0 unspecified atom stereocenters. The van der Waals surface area contributed by atoms with Crippen molar-refractivity contribution < 1.29 is 4.92 Å². The fourth-order valence-electron chi connectivity index (χ4n) is 3.02. The van der Waals surface area contributed by atoms with E-state index >= 15 is 0 Å². The Morgan fingerprint density at radius 2 is 1.85 bits per heavy atom. The van der Waals surface area contributed by atoms with E-state index in [9.17, 15) is 10.1 Å². The van der Waals surface area contributed by atoms with Crippen molar-refractivity contribution in [3.05, 3.63) is 64.2 Å². The lowest BCUT2D eigenvalue weighted by molar-refractivity contribution is -0.384. The van der Waals surface area contributed by atoms with Gasteiger partial charge >= 0.3 is 0 Å². The van der Waals surface area contributed by atoms with Gasteiger partial charge in [-0.05, 0) is 48.5 Å². The van der Waals surface area contributed by atoms with Crippen LogP contribution in [0.1, 0.15) is 12.5 Å². The van der Waals surface area contributed by atoms with E-state index in [0.717, 1.165) is 49.1 Å². The second-order valence-electron chi connectivity index (χ2n) is 6.23. The Kier molecular flexibility index (Phi) is 5.68. The van der Waals surface area contributed by atoms with Crippen molar-refractivity contribution in [1.82, 2.24) is 4.90 Å². The monoisotopic (exact) mass is 370 g/mol. The summed E-state index contributed by atoms with van der Waals surface area (Å²) in [5.74, 6) is 0. The molecule has 0 aliphatic carbocycles. The third-order valence-corrected chi connectivity index (χ3v) is 4.94. The molecule has 3 rings (SSSR count). The van der Waals surface area contributed by atoms with E-state index in [1.165, 1.54) is 5.56 Å². The maximum atomic E-state index is 10.8. The molecule has 136 valence electrons. The topological polar surface area (TPSA) is 61.6 Å². The number of nitrogens with one attached hydrogen (secondary N) is 1. The first kappa shape index (κ1) is 18.1. The molecule has 2 aromatic carbocycles. The Hall–Kier alpha value is -2.67. The zero-order chi connectivity index (χ0) is 18.5. The van der Waals surface area contributed by atoms with E-state index < -0.39 is 0 Å².